The van der Waals surface area contributed by atoms with Crippen LogP contribution < -0.4 is 10.6 Å². The number of benzene rings is 2. The third-order valence-corrected chi connectivity index (χ3v) is 11.7. The lowest BCUT2D eigenvalue weighted by Crippen LogP contribution is -2.18. The Kier molecular flexibility index (Phi) is 5.13. The largest absolute Gasteiger partial charge is 0.0721 e. The molecule has 2 saturated heterocycles. The zero-order chi connectivity index (χ0) is 15.5. The molecule has 0 aliphatic carbocycles. The van der Waals surface area contributed by atoms with Crippen molar-refractivity contribution < 1.29 is 0 Å². The first kappa shape index (κ1) is 15.8. The minimum atomic E-state index is 0.103. The van der Waals surface area contributed by atoms with Crippen LogP contribution in [0.3, 0.4) is 0 Å². The average molecular weight is 340 g/mol. The molecule has 2 aromatic rings. The molecule has 2 aliphatic rings. The second kappa shape index (κ2) is 7.46. The van der Waals surface area contributed by atoms with E-state index in [0.29, 0.717) is 0 Å². The molecule has 23 heavy (non-hydrogen) atoms. The predicted molar refractivity (Wildman–Crippen MR) is 106 cm³/mol. The van der Waals surface area contributed by atoms with Crippen LogP contribution in [0.1, 0.15) is 32.1 Å². The quantitative estimate of drug-likeness (QED) is 0.661. The standard InChI is InChI=1S/C21H26P2/c1-3-9-18(10-4-1)22-15-7-13-20(22)17-21-14-8-16-23(21)19-11-5-2-6-12-19/h1-6,9-12,20-21H,7-8,13-17H2/t20-,21-,22-,23-/m1/s1. The first-order valence-corrected chi connectivity index (χ1v) is 12.2. The van der Waals surface area contributed by atoms with Crippen molar-refractivity contribution in [1.82, 2.24) is 0 Å². The van der Waals surface area contributed by atoms with E-state index in [1.807, 2.05) is 0 Å². The summed E-state index contributed by atoms with van der Waals surface area (Å²) in [6, 6.07) is 22.8. The SMILES string of the molecule is c1ccc([P@@]2CCC[C@@H]2C[C@H]2CCC[P@]2c2ccccc2)cc1. The van der Waals surface area contributed by atoms with Gasteiger partial charge in [0.2, 0.25) is 0 Å². The van der Waals surface area contributed by atoms with Gasteiger partial charge >= 0.3 is 0 Å². The van der Waals surface area contributed by atoms with E-state index in [1.165, 1.54) is 44.4 Å². The van der Waals surface area contributed by atoms with Crippen molar-refractivity contribution in [1.29, 1.82) is 0 Å². The summed E-state index contributed by atoms with van der Waals surface area (Å²) in [5.41, 5.74) is 1.98. The van der Waals surface area contributed by atoms with Gasteiger partial charge in [0, 0.05) is 0 Å². The maximum Gasteiger partial charge on any atom is -0.0163 e. The second-order valence-electron chi connectivity index (χ2n) is 6.89. The summed E-state index contributed by atoms with van der Waals surface area (Å²) in [5.74, 6) is 0. The van der Waals surface area contributed by atoms with Crippen LogP contribution in [0, 0.1) is 0 Å². The fourth-order valence-corrected chi connectivity index (χ4v) is 10.8. The highest BCUT2D eigenvalue weighted by Crippen LogP contribution is 2.57. The van der Waals surface area contributed by atoms with Crippen LogP contribution in [-0.2, 0) is 0 Å². The highest BCUT2D eigenvalue weighted by molar-refractivity contribution is 7.67. The fraction of sp³-hybridized carbons (Fsp3) is 0.429. The Bertz CT molecular complexity index is 555. The topological polar surface area (TPSA) is 0 Å². The van der Waals surface area contributed by atoms with Crippen LogP contribution >= 0.6 is 15.8 Å². The lowest BCUT2D eigenvalue weighted by atomic mass is 10.1. The molecule has 120 valence electrons. The third-order valence-electron chi connectivity index (χ3n) is 5.47. The summed E-state index contributed by atoms with van der Waals surface area (Å²) >= 11 is 0. The van der Waals surface area contributed by atoms with Crippen molar-refractivity contribution in [2.45, 2.75) is 43.4 Å². The van der Waals surface area contributed by atoms with Gasteiger partial charge in [-0.3, -0.25) is 0 Å². The Balaban J connectivity index is 1.48. The smallest absolute Gasteiger partial charge is 0.0163 e. The van der Waals surface area contributed by atoms with Gasteiger partial charge in [-0.05, 0) is 66.4 Å². The molecule has 0 spiro atoms. The fourth-order valence-electron chi connectivity index (χ4n) is 4.39. The molecule has 4 rings (SSSR count). The van der Waals surface area contributed by atoms with Gasteiger partial charge in [-0.15, -0.1) is 0 Å². The molecule has 0 unspecified atom stereocenters. The van der Waals surface area contributed by atoms with E-state index in [0.717, 1.165) is 11.3 Å². The molecule has 0 amide bonds. The molecule has 0 bridgehead atoms. The molecule has 2 aromatic carbocycles. The van der Waals surface area contributed by atoms with Crippen LogP contribution in [0.15, 0.2) is 60.7 Å². The van der Waals surface area contributed by atoms with Crippen molar-refractivity contribution in [3.8, 4) is 0 Å². The molecule has 0 radical (unpaired) electrons. The molecule has 2 heterocycles. The predicted octanol–water partition coefficient (Wildman–Crippen LogP) is 5.32. The average Bonchev–Trinajstić information content (AvgIpc) is 3.26. The molecule has 4 atom stereocenters. The molecule has 2 aliphatic heterocycles. The van der Waals surface area contributed by atoms with Crippen LogP contribution in [0.2, 0.25) is 0 Å². The van der Waals surface area contributed by atoms with Crippen LogP contribution in [-0.4, -0.2) is 23.6 Å². The highest BCUT2D eigenvalue weighted by Gasteiger charge is 2.35. The van der Waals surface area contributed by atoms with Crippen molar-refractivity contribution in [3.05, 3.63) is 60.7 Å². The van der Waals surface area contributed by atoms with E-state index in [2.05, 4.69) is 60.7 Å². The van der Waals surface area contributed by atoms with Crippen molar-refractivity contribution in [2.24, 2.45) is 0 Å². The van der Waals surface area contributed by atoms with E-state index in [9.17, 15) is 0 Å². The maximum atomic E-state index is 2.39. The Morgan fingerprint density at radius 3 is 1.52 bits per heavy atom. The maximum absolute atomic E-state index is 2.39. The normalized spacial score (nSPS) is 30.6. The van der Waals surface area contributed by atoms with Crippen LogP contribution in [0.25, 0.3) is 0 Å². The summed E-state index contributed by atoms with van der Waals surface area (Å²) in [4.78, 5) is 0. The second-order valence-corrected chi connectivity index (χ2v) is 12.2. The summed E-state index contributed by atoms with van der Waals surface area (Å²) < 4.78 is 0. The minimum Gasteiger partial charge on any atom is -0.0721 e. The van der Waals surface area contributed by atoms with Gasteiger partial charge in [0.05, 0.1) is 0 Å². The Morgan fingerprint density at radius 2 is 1.09 bits per heavy atom. The van der Waals surface area contributed by atoms with Gasteiger partial charge < -0.3 is 0 Å². The summed E-state index contributed by atoms with van der Waals surface area (Å²) in [5, 5.41) is 3.32. The Morgan fingerprint density at radius 1 is 0.652 bits per heavy atom. The van der Waals surface area contributed by atoms with Gasteiger partial charge in [0.15, 0.2) is 0 Å². The zero-order valence-electron chi connectivity index (χ0n) is 13.8. The monoisotopic (exact) mass is 340 g/mol. The number of hydrogen-bond donors (Lipinski definition) is 0. The first-order chi connectivity index (χ1) is 11.4. The highest BCUT2D eigenvalue weighted by atomic mass is 31.1. The molecule has 2 fully saturated rings. The molecule has 0 N–H and O–H groups in total. The Hall–Kier alpha value is -0.700. The van der Waals surface area contributed by atoms with E-state index in [4.69, 9.17) is 0 Å². The van der Waals surface area contributed by atoms with Crippen molar-refractivity contribution in [2.75, 3.05) is 12.3 Å². The van der Waals surface area contributed by atoms with Gasteiger partial charge in [0.1, 0.15) is 0 Å². The molecular weight excluding hydrogens is 314 g/mol. The van der Waals surface area contributed by atoms with Crippen LogP contribution in [0.4, 0.5) is 0 Å². The van der Waals surface area contributed by atoms with Crippen LogP contribution in [0.5, 0.6) is 0 Å². The van der Waals surface area contributed by atoms with Gasteiger partial charge in [-0.1, -0.05) is 76.5 Å². The summed E-state index contributed by atoms with van der Waals surface area (Å²) in [6.45, 7) is 0. The van der Waals surface area contributed by atoms with E-state index < -0.39 is 0 Å². The van der Waals surface area contributed by atoms with Crippen molar-refractivity contribution >= 4 is 26.5 Å². The number of hydrogen-bond acceptors (Lipinski definition) is 0. The molecular formula is C21H26P2. The van der Waals surface area contributed by atoms with E-state index >= 15 is 0 Å². The third kappa shape index (κ3) is 3.55. The molecule has 0 nitrogen and oxygen atoms in total. The summed E-state index contributed by atoms with van der Waals surface area (Å²) in [6.07, 6.45) is 10.3. The zero-order valence-corrected chi connectivity index (χ0v) is 15.6. The molecule has 2 heteroatoms. The summed E-state index contributed by atoms with van der Waals surface area (Å²) in [7, 11) is 0.205. The van der Waals surface area contributed by atoms with Gasteiger partial charge in [-0.25, -0.2) is 0 Å². The van der Waals surface area contributed by atoms with Gasteiger partial charge in [0.25, 0.3) is 0 Å². The van der Waals surface area contributed by atoms with Gasteiger partial charge in [-0.2, -0.15) is 0 Å². The lowest BCUT2D eigenvalue weighted by Gasteiger charge is -2.27. The molecule has 0 aromatic heterocycles. The van der Waals surface area contributed by atoms with E-state index in [-0.39, 0.29) is 15.8 Å². The van der Waals surface area contributed by atoms with Crippen molar-refractivity contribution in [3.63, 3.8) is 0 Å². The Labute approximate surface area is 143 Å². The van der Waals surface area contributed by atoms with E-state index in [1.54, 1.807) is 10.6 Å². The number of rotatable bonds is 4. The first-order valence-electron chi connectivity index (χ1n) is 9.05. The molecule has 0 saturated carbocycles. The lowest BCUT2D eigenvalue weighted by molar-refractivity contribution is 0.659. The minimum absolute atomic E-state index is 0.103.